The van der Waals surface area contributed by atoms with Crippen LogP contribution >= 0.6 is 0 Å². The fourth-order valence-corrected chi connectivity index (χ4v) is 2.10. The van der Waals surface area contributed by atoms with Gasteiger partial charge in [-0.25, -0.2) is 4.79 Å². The van der Waals surface area contributed by atoms with E-state index in [1.807, 2.05) is 0 Å². The molecule has 0 aliphatic carbocycles. The molecule has 0 fully saturated rings. The first-order valence-electron chi connectivity index (χ1n) is 7.39. The van der Waals surface area contributed by atoms with Crippen LogP contribution in [0.15, 0.2) is 36.5 Å². The molecular weight excluding hydrogens is 353 g/mol. The van der Waals surface area contributed by atoms with E-state index in [9.17, 15) is 27.6 Å². The van der Waals surface area contributed by atoms with Gasteiger partial charge in [0.15, 0.2) is 12.4 Å². The molecule has 0 atom stereocenters. The molecular formula is C17H15F3N2O4. The summed E-state index contributed by atoms with van der Waals surface area (Å²) in [7, 11) is 1.55. The Hall–Kier alpha value is -3.10. The number of Topliss-reactive ketones (excluding diaryl/α,β-unsaturated/α-hetero) is 1. The number of nitrogens with zero attached hydrogens (tertiary/aromatic N) is 1. The zero-order valence-corrected chi connectivity index (χ0v) is 13.9. The molecule has 0 aliphatic rings. The first-order valence-corrected chi connectivity index (χ1v) is 7.39. The van der Waals surface area contributed by atoms with E-state index in [-0.39, 0.29) is 17.2 Å². The zero-order chi connectivity index (χ0) is 19.5. The predicted octanol–water partition coefficient (Wildman–Crippen LogP) is 3.04. The molecule has 2 rings (SSSR count). The van der Waals surface area contributed by atoms with Crippen molar-refractivity contribution in [1.82, 2.24) is 4.57 Å². The van der Waals surface area contributed by atoms with E-state index in [0.29, 0.717) is 5.56 Å². The highest BCUT2D eigenvalue weighted by Gasteiger charge is 2.30. The van der Waals surface area contributed by atoms with Crippen molar-refractivity contribution < 1.29 is 32.3 Å². The van der Waals surface area contributed by atoms with Crippen LogP contribution in [-0.4, -0.2) is 28.8 Å². The Labute approximate surface area is 146 Å². The van der Waals surface area contributed by atoms with Gasteiger partial charge in [-0.15, -0.1) is 0 Å². The number of esters is 1. The third-order valence-electron chi connectivity index (χ3n) is 3.45. The lowest BCUT2D eigenvalue weighted by Crippen LogP contribution is -2.21. The molecule has 0 saturated heterocycles. The highest BCUT2D eigenvalue weighted by Crippen LogP contribution is 2.29. The van der Waals surface area contributed by atoms with Gasteiger partial charge in [-0.3, -0.25) is 9.59 Å². The lowest BCUT2D eigenvalue weighted by molar-refractivity contribution is -0.137. The van der Waals surface area contributed by atoms with E-state index in [1.165, 1.54) is 23.8 Å². The normalized spacial score (nSPS) is 11.1. The lowest BCUT2D eigenvalue weighted by atomic mass is 10.2. The number of alkyl halides is 3. The lowest BCUT2D eigenvalue weighted by Gasteiger charge is -2.09. The molecule has 2 aromatic rings. The van der Waals surface area contributed by atoms with Crippen LogP contribution in [0.25, 0.3) is 0 Å². The predicted molar refractivity (Wildman–Crippen MR) is 85.8 cm³/mol. The highest BCUT2D eigenvalue weighted by atomic mass is 19.4. The summed E-state index contributed by atoms with van der Waals surface area (Å²) in [6.07, 6.45) is -3.01. The monoisotopic (exact) mass is 368 g/mol. The number of rotatable bonds is 5. The Kier molecular flexibility index (Phi) is 5.49. The maximum Gasteiger partial charge on any atom is 0.416 e. The largest absolute Gasteiger partial charge is 0.451 e. The average molecular weight is 368 g/mol. The number of hydrogen-bond acceptors (Lipinski definition) is 4. The molecule has 0 unspecified atom stereocenters. The Balaban J connectivity index is 1.92. The number of ketones is 1. The Morgan fingerprint density at radius 1 is 1.15 bits per heavy atom. The minimum absolute atomic E-state index is 0.0949. The molecule has 0 aliphatic heterocycles. The SMILES string of the molecule is CC(=O)c1cc(C(=O)OCC(=O)Nc2ccc(C(F)(F)F)cc2)n(C)c1. The van der Waals surface area contributed by atoms with Crippen molar-refractivity contribution in [2.45, 2.75) is 13.1 Å². The summed E-state index contributed by atoms with van der Waals surface area (Å²) in [6.45, 7) is 0.725. The molecule has 1 aromatic heterocycles. The number of benzene rings is 1. The summed E-state index contributed by atoms with van der Waals surface area (Å²) in [4.78, 5) is 35.0. The van der Waals surface area contributed by atoms with Crippen LogP contribution in [0, 0.1) is 0 Å². The van der Waals surface area contributed by atoms with Gasteiger partial charge in [0.25, 0.3) is 5.91 Å². The summed E-state index contributed by atoms with van der Waals surface area (Å²) < 4.78 is 43.7. The van der Waals surface area contributed by atoms with Crippen molar-refractivity contribution in [1.29, 1.82) is 0 Å². The van der Waals surface area contributed by atoms with Gasteiger partial charge in [0.1, 0.15) is 5.69 Å². The second-order valence-corrected chi connectivity index (χ2v) is 5.48. The number of aromatic nitrogens is 1. The van der Waals surface area contributed by atoms with E-state index < -0.39 is 30.2 Å². The summed E-state index contributed by atoms with van der Waals surface area (Å²) in [5, 5.41) is 2.32. The van der Waals surface area contributed by atoms with Gasteiger partial charge in [0.2, 0.25) is 0 Å². The number of aryl methyl sites for hydroxylation is 1. The Morgan fingerprint density at radius 2 is 1.77 bits per heavy atom. The van der Waals surface area contributed by atoms with Crippen LogP contribution in [0.4, 0.5) is 18.9 Å². The number of nitrogens with one attached hydrogen (secondary N) is 1. The van der Waals surface area contributed by atoms with Crippen molar-refractivity contribution in [2.24, 2.45) is 7.05 Å². The van der Waals surface area contributed by atoms with Crippen LogP contribution in [-0.2, 0) is 22.8 Å². The quantitative estimate of drug-likeness (QED) is 0.650. The van der Waals surface area contributed by atoms with E-state index in [2.05, 4.69) is 5.32 Å². The fraction of sp³-hybridized carbons (Fsp3) is 0.235. The third-order valence-corrected chi connectivity index (χ3v) is 3.45. The first-order chi connectivity index (χ1) is 12.1. The maximum atomic E-state index is 12.5. The molecule has 9 heteroatoms. The molecule has 26 heavy (non-hydrogen) atoms. The van der Waals surface area contributed by atoms with Gasteiger partial charge in [0.05, 0.1) is 5.56 Å². The topological polar surface area (TPSA) is 77.4 Å². The van der Waals surface area contributed by atoms with Gasteiger partial charge < -0.3 is 14.6 Å². The molecule has 1 amide bonds. The molecule has 1 aromatic carbocycles. The number of hydrogen-bond donors (Lipinski definition) is 1. The average Bonchev–Trinajstić information content (AvgIpc) is 2.94. The second-order valence-electron chi connectivity index (χ2n) is 5.48. The molecule has 0 saturated carbocycles. The summed E-state index contributed by atoms with van der Waals surface area (Å²) in [5.41, 5.74) is -0.283. The maximum absolute atomic E-state index is 12.5. The molecule has 0 radical (unpaired) electrons. The number of halogens is 3. The number of amides is 1. The van der Waals surface area contributed by atoms with E-state index in [1.54, 1.807) is 7.05 Å². The molecule has 1 N–H and O–H groups in total. The molecule has 0 spiro atoms. The molecule has 1 heterocycles. The van der Waals surface area contributed by atoms with Gasteiger partial charge in [-0.2, -0.15) is 13.2 Å². The number of carbonyl (C=O) groups excluding carboxylic acids is 3. The fourth-order valence-electron chi connectivity index (χ4n) is 2.10. The van der Waals surface area contributed by atoms with Crippen molar-refractivity contribution >= 4 is 23.3 Å². The van der Waals surface area contributed by atoms with Crippen LogP contribution in [0.2, 0.25) is 0 Å². The minimum Gasteiger partial charge on any atom is -0.451 e. The number of anilines is 1. The van der Waals surface area contributed by atoms with Crippen molar-refractivity contribution in [3.63, 3.8) is 0 Å². The summed E-state index contributed by atoms with van der Waals surface area (Å²) in [6, 6.07) is 5.19. The van der Waals surface area contributed by atoms with Crippen molar-refractivity contribution in [3.05, 3.63) is 53.3 Å². The molecule has 138 valence electrons. The molecule has 6 nitrogen and oxygen atoms in total. The van der Waals surface area contributed by atoms with Crippen molar-refractivity contribution in [3.8, 4) is 0 Å². The van der Waals surface area contributed by atoms with E-state index in [4.69, 9.17) is 4.74 Å². The summed E-state index contributed by atoms with van der Waals surface area (Å²) >= 11 is 0. The van der Waals surface area contributed by atoms with Gasteiger partial charge >= 0.3 is 12.1 Å². The van der Waals surface area contributed by atoms with Crippen LogP contribution in [0.3, 0.4) is 0 Å². The first kappa shape index (κ1) is 19.2. The van der Waals surface area contributed by atoms with Crippen molar-refractivity contribution in [2.75, 3.05) is 11.9 Å². The van der Waals surface area contributed by atoms with Gasteiger partial charge in [0, 0.05) is 24.5 Å². The van der Waals surface area contributed by atoms with Crippen LogP contribution in [0.5, 0.6) is 0 Å². The number of carbonyl (C=O) groups is 3. The summed E-state index contributed by atoms with van der Waals surface area (Å²) in [5.74, 6) is -1.73. The Morgan fingerprint density at radius 3 is 2.27 bits per heavy atom. The van der Waals surface area contributed by atoms with E-state index in [0.717, 1.165) is 24.3 Å². The van der Waals surface area contributed by atoms with Gasteiger partial charge in [-0.05, 0) is 37.3 Å². The third kappa shape index (κ3) is 4.71. The molecule has 0 bridgehead atoms. The smallest absolute Gasteiger partial charge is 0.416 e. The zero-order valence-electron chi connectivity index (χ0n) is 13.9. The van der Waals surface area contributed by atoms with Gasteiger partial charge in [-0.1, -0.05) is 0 Å². The second kappa shape index (κ2) is 7.42. The Bertz CT molecular complexity index is 839. The van der Waals surface area contributed by atoms with Crippen LogP contribution < -0.4 is 5.32 Å². The highest BCUT2D eigenvalue weighted by molar-refractivity contribution is 5.98. The van der Waals surface area contributed by atoms with E-state index >= 15 is 0 Å². The minimum atomic E-state index is -4.47. The standard InChI is InChI=1S/C17H15F3N2O4/c1-10(23)11-7-14(22(2)8-11)16(25)26-9-15(24)21-13-5-3-12(4-6-13)17(18,19)20/h3-8H,9H2,1-2H3,(H,21,24). The van der Waals surface area contributed by atoms with Crippen LogP contribution in [0.1, 0.15) is 33.3 Å². The number of ether oxygens (including phenoxy) is 1.